The third-order valence-electron chi connectivity index (χ3n) is 4.46. The summed E-state index contributed by atoms with van der Waals surface area (Å²) in [6.45, 7) is 7.33. The van der Waals surface area contributed by atoms with Crippen LogP contribution in [-0.2, 0) is 9.53 Å². The van der Waals surface area contributed by atoms with Gasteiger partial charge in [0.1, 0.15) is 5.57 Å². The minimum atomic E-state index is -0.825. The van der Waals surface area contributed by atoms with Gasteiger partial charge in [0.05, 0.1) is 6.61 Å². The predicted molar refractivity (Wildman–Crippen MR) is 122 cm³/mol. The average molecular weight is 481 g/mol. The molecule has 0 aromatic carbocycles. The lowest BCUT2D eigenvalue weighted by molar-refractivity contribution is -0.137. The Hall–Kier alpha value is 0.157. The smallest absolute Gasteiger partial charge is 0.330 e. The molecule has 0 bridgehead atoms. The van der Waals surface area contributed by atoms with Gasteiger partial charge in [-0.1, -0.05) is 96.2 Å². The molecule has 0 radical (unpaired) electrons. The molecule has 0 fully saturated rings. The molecule has 0 aliphatic carbocycles. The summed E-state index contributed by atoms with van der Waals surface area (Å²) in [7, 11) is 0. The van der Waals surface area contributed by atoms with Gasteiger partial charge in [0.25, 0.3) is 0 Å². The quantitative estimate of drug-likeness (QED) is 0.0530. The van der Waals surface area contributed by atoms with Gasteiger partial charge in [-0.3, -0.25) is 0 Å². The van der Waals surface area contributed by atoms with Crippen molar-refractivity contribution in [3.63, 3.8) is 0 Å². The summed E-state index contributed by atoms with van der Waals surface area (Å²) in [6.07, 6.45) is 20.8. The normalized spacial score (nSPS) is 12.0. The molecule has 0 aliphatic heterocycles. The van der Waals surface area contributed by atoms with E-state index < -0.39 is 5.57 Å². The SMILES string of the molecule is CC=CC(=O)OCCCCCCCCCCCCCCC[Si](C)(C)I. The number of carbonyl (C=O) groups excluding carboxylic acids is 1. The Kier molecular flexibility index (Phi) is 17.7. The van der Waals surface area contributed by atoms with Crippen molar-refractivity contribution >= 4 is 33.3 Å². The van der Waals surface area contributed by atoms with Crippen LogP contribution in [0.5, 0.6) is 0 Å². The van der Waals surface area contributed by atoms with Crippen LogP contribution in [0.25, 0.3) is 0 Å². The molecular weight excluding hydrogens is 439 g/mol. The lowest BCUT2D eigenvalue weighted by Crippen LogP contribution is -2.13. The highest BCUT2D eigenvalue weighted by atomic mass is 127. The van der Waals surface area contributed by atoms with E-state index in [-0.39, 0.29) is 5.97 Å². The summed E-state index contributed by atoms with van der Waals surface area (Å²) in [6, 6.07) is 1.49. The van der Waals surface area contributed by atoms with Gasteiger partial charge in [0.2, 0.25) is 0 Å². The van der Waals surface area contributed by atoms with Crippen molar-refractivity contribution in [2.24, 2.45) is 0 Å². The van der Waals surface area contributed by atoms with E-state index >= 15 is 0 Å². The number of hydrogen-bond acceptors (Lipinski definition) is 2. The zero-order chi connectivity index (χ0) is 18.8. The first-order valence-electron chi connectivity index (χ1n) is 10.4. The largest absolute Gasteiger partial charge is 0.463 e. The molecule has 148 valence electrons. The third-order valence-corrected chi connectivity index (χ3v) is 7.62. The van der Waals surface area contributed by atoms with Gasteiger partial charge in [0.15, 0.2) is 0 Å². The highest BCUT2D eigenvalue weighted by Gasteiger charge is 2.14. The zero-order valence-electron chi connectivity index (χ0n) is 17.0. The highest BCUT2D eigenvalue weighted by molar-refractivity contribution is 14.1. The number of hydrogen-bond donors (Lipinski definition) is 0. The Labute approximate surface area is 170 Å². The number of carbonyl (C=O) groups is 1. The molecule has 0 N–H and O–H groups in total. The Bertz CT molecular complexity index is 337. The van der Waals surface area contributed by atoms with E-state index in [1.807, 2.05) is 6.92 Å². The Morgan fingerprint density at radius 1 is 0.800 bits per heavy atom. The summed E-state index contributed by atoms with van der Waals surface area (Å²) >= 11 is 2.70. The monoisotopic (exact) mass is 480 g/mol. The molecule has 0 aliphatic rings. The number of rotatable bonds is 17. The lowest BCUT2D eigenvalue weighted by atomic mass is 10.0. The van der Waals surface area contributed by atoms with Crippen molar-refractivity contribution in [2.75, 3.05) is 6.61 Å². The molecule has 2 nitrogen and oxygen atoms in total. The second-order valence-corrected chi connectivity index (χ2v) is 20.4. The Morgan fingerprint density at radius 2 is 1.20 bits per heavy atom. The number of unbranched alkanes of at least 4 members (excludes halogenated alkanes) is 12. The van der Waals surface area contributed by atoms with Crippen LogP contribution in [-0.4, -0.2) is 18.1 Å². The standard InChI is InChI=1S/C21H41IO2Si/c1-4-18-21(23)24-19-16-14-12-10-8-6-5-7-9-11-13-15-17-20-25(2,3)22/h4,18H,5-17,19-20H2,1-3H3. The number of allylic oxidation sites excluding steroid dienone is 1. The van der Waals surface area contributed by atoms with E-state index in [1.54, 1.807) is 6.08 Å². The molecule has 0 spiro atoms. The summed E-state index contributed by atoms with van der Waals surface area (Å²) in [4.78, 5) is 11.1. The predicted octanol–water partition coefficient (Wildman–Crippen LogP) is 7.82. The topological polar surface area (TPSA) is 26.3 Å². The zero-order valence-corrected chi connectivity index (χ0v) is 20.1. The maximum Gasteiger partial charge on any atom is 0.330 e. The van der Waals surface area contributed by atoms with Crippen molar-refractivity contribution in [3.05, 3.63) is 12.2 Å². The maximum atomic E-state index is 11.1. The molecule has 0 rings (SSSR count). The molecule has 0 heterocycles. The molecular formula is C21H41IO2Si. The van der Waals surface area contributed by atoms with Gasteiger partial charge >= 0.3 is 5.97 Å². The number of esters is 1. The summed E-state index contributed by atoms with van der Waals surface area (Å²) in [5.74, 6) is -0.210. The van der Waals surface area contributed by atoms with Gasteiger partial charge in [-0.05, 0) is 19.4 Å². The van der Waals surface area contributed by atoms with Gasteiger partial charge in [-0.2, -0.15) is 0 Å². The first-order valence-corrected chi connectivity index (χ1v) is 16.8. The van der Waals surface area contributed by atoms with Gasteiger partial charge in [-0.15, -0.1) is 21.8 Å². The number of ether oxygens (including phenoxy) is 1. The van der Waals surface area contributed by atoms with Crippen molar-refractivity contribution in [1.29, 1.82) is 0 Å². The van der Waals surface area contributed by atoms with Crippen LogP contribution in [0.1, 0.15) is 90.4 Å². The molecule has 4 heteroatoms. The van der Waals surface area contributed by atoms with Crippen molar-refractivity contribution < 1.29 is 9.53 Å². The second kappa shape index (κ2) is 17.6. The molecule has 0 saturated heterocycles. The minimum Gasteiger partial charge on any atom is -0.463 e. The van der Waals surface area contributed by atoms with Crippen LogP contribution in [0.15, 0.2) is 12.2 Å². The van der Waals surface area contributed by atoms with Crippen LogP contribution in [0.4, 0.5) is 0 Å². The Morgan fingerprint density at radius 3 is 1.60 bits per heavy atom. The van der Waals surface area contributed by atoms with Crippen LogP contribution >= 0.6 is 21.8 Å². The van der Waals surface area contributed by atoms with Crippen LogP contribution in [0.3, 0.4) is 0 Å². The molecule has 0 atom stereocenters. The van der Waals surface area contributed by atoms with E-state index in [9.17, 15) is 4.79 Å². The fraction of sp³-hybridized carbons (Fsp3) is 0.857. The lowest BCUT2D eigenvalue weighted by Gasteiger charge is -2.12. The highest BCUT2D eigenvalue weighted by Crippen LogP contribution is 2.21. The minimum absolute atomic E-state index is 0.210. The third kappa shape index (κ3) is 22.1. The molecule has 0 amide bonds. The fourth-order valence-corrected chi connectivity index (χ4v) is 5.18. The van der Waals surface area contributed by atoms with Gasteiger partial charge < -0.3 is 4.74 Å². The first-order chi connectivity index (χ1) is 12.0. The van der Waals surface area contributed by atoms with Gasteiger partial charge in [0, 0.05) is 6.08 Å². The van der Waals surface area contributed by atoms with Crippen LogP contribution in [0.2, 0.25) is 19.1 Å². The van der Waals surface area contributed by atoms with E-state index in [2.05, 4.69) is 34.9 Å². The molecule has 25 heavy (non-hydrogen) atoms. The van der Waals surface area contributed by atoms with E-state index in [0.29, 0.717) is 6.61 Å². The van der Waals surface area contributed by atoms with E-state index in [1.165, 1.54) is 89.2 Å². The first kappa shape index (κ1) is 25.2. The summed E-state index contributed by atoms with van der Waals surface area (Å²) in [5, 5.41) is 0. The van der Waals surface area contributed by atoms with Crippen molar-refractivity contribution in [2.45, 2.75) is 110 Å². The molecule has 0 aromatic rings. The van der Waals surface area contributed by atoms with Crippen LogP contribution < -0.4 is 0 Å². The van der Waals surface area contributed by atoms with Gasteiger partial charge in [-0.25, -0.2) is 4.79 Å². The van der Waals surface area contributed by atoms with E-state index in [0.717, 1.165) is 6.42 Å². The van der Waals surface area contributed by atoms with Crippen molar-refractivity contribution in [3.8, 4) is 0 Å². The summed E-state index contributed by atoms with van der Waals surface area (Å²) in [5.41, 5.74) is -0.825. The van der Waals surface area contributed by atoms with E-state index in [4.69, 9.17) is 4.74 Å². The molecule has 0 aromatic heterocycles. The fourth-order valence-electron chi connectivity index (χ4n) is 2.95. The number of halogens is 1. The summed E-state index contributed by atoms with van der Waals surface area (Å²) < 4.78 is 5.08. The van der Waals surface area contributed by atoms with Crippen LogP contribution in [0, 0.1) is 0 Å². The van der Waals surface area contributed by atoms with Crippen molar-refractivity contribution in [1.82, 2.24) is 0 Å². The Balaban J connectivity index is 3.11. The molecule has 0 saturated carbocycles. The molecule has 0 unspecified atom stereocenters. The second-order valence-electron chi connectivity index (χ2n) is 7.73. The maximum absolute atomic E-state index is 11.1. The average Bonchev–Trinajstić information content (AvgIpc) is 2.53.